The first kappa shape index (κ1) is 23.2. The van der Waals surface area contributed by atoms with Crippen LogP contribution in [0.3, 0.4) is 0 Å². The van der Waals surface area contributed by atoms with Crippen LogP contribution in [0.4, 0.5) is 5.13 Å². The normalized spacial score (nSPS) is 17.2. The summed E-state index contributed by atoms with van der Waals surface area (Å²) < 4.78 is 0.657. The van der Waals surface area contributed by atoms with E-state index in [9.17, 15) is 14.7 Å². The van der Waals surface area contributed by atoms with Gasteiger partial charge in [0, 0.05) is 28.7 Å². The highest BCUT2D eigenvalue weighted by Gasteiger charge is 2.48. The number of hydrogen-bond acceptors (Lipinski definition) is 8. The molecule has 7 nitrogen and oxygen atoms in total. The minimum absolute atomic E-state index is 0.0443. The van der Waals surface area contributed by atoms with Crippen LogP contribution in [0, 0.1) is 0 Å². The summed E-state index contributed by atoms with van der Waals surface area (Å²) in [5, 5.41) is 20.2. The van der Waals surface area contributed by atoms with Crippen LogP contribution in [-0.2, 0) is 15.3 Å². The van der Waals surface area contributed by atoms with Crippen LogP contribution in [0.5, 0.6) is 0 Å². The fraction of sp³-hybridized carbons (Fsp3) is 0.0800. The van der Waals surface area contributed by atoms with E-state index in [-0.39, 0.29) is 16.5 Å². The van der Waals surface area contributed by atoms with Crippen molar-refractivity contribution >= 4 is 57.3 Å². The van der Waals surface area contributed by atoms with E-state index in [1.54, 1.807) is 36.4 Å². The molecule has 0 bridgehead atoms. The first-order chi connectivity index (χ1) is 17.0. The Morgan fingerprint density at radius 2 is 1.80 bits per heavy atom. The second kappa shape index (κ2) is 9.99. The summed E-state index contributed by atoms with van der Waals surface area (Å²) in [4.78, 5) is 31.6. The minimum Gasteiger partial charge on any atom is -0.507 e. The number of amides is 1. The zero-order valence-corrected chi connectivity index (χ0v) is 20.4. The zero-order valence-electron chi connectivity index (χ0n) is 18.0. The molecule has 2 aromatic heterocycles. The number of nitrogens with zero attached hydrogens (tertiary/aromatic N) is 4. The lowest BCUT2D eigenvalue weighted by atomic mass is 9.96. The van der Waals surface area contributed by atoms with Crippen molar-refractivity contribution in [2.45, 2.75) is 16.1 Å². The Morgan fingerprint density at radius 3 is 2.54 bits per heavy atom. The van der Waals surface area contributed by atoms with Gasteiger partial charge in [-0.3, -0.25) is 19.5 Å². The van der Waals surface area contributed by atoms with E-state index in [1.165, 1.54) is 40.4 Å². The Labute approximate surface area is 214 Å². The van der Waals surface area contributed by atoms with E-state index in [4.69, 9.17) is 11.6 Å². The number of aliphatic hydroxyl groups is 1. The van der Waals surface area contributed by atoms with Gasteiger partial charge in [-0.05, 0) is 35.4 Å². The molecular formula is C25H17ClN4O3S2. The molecule has 0 saturated carbocycles. The van der Waals surface area contributed by atoms with Crippen molar-refractivity contribution in [2.24, 2.45) is 0 Å². The molecule has 3 heterocycles. The number of thioether (sulfide) groups is 1. The third-order valence-electron chi connectivity index (χ3n) is 5.37. The lowest BCUT2D eigenvalue weighted by Crippen LogP contribution is -2.29. The molecule has 35 heavy (non-hydrogen) atoms. The van der Waals surface area contributed by atoms with Crippen molar-refractivity contribution in [1.29, 1.82) is 0 Å². The largest absolute Gasteiger partial charge is 0.507 e. The third kappa shape index (κ3) is 4.70. The van der Waals surface area contributed by atoms with Crippen LogP contribution in [0.2, 0.25) is 5.02 Å². The van der Waals surface area contributed by atoms with Gasteiger partial charge in [0.15, 0.2) is 4.34 Å². The van der Waals surface area contributed by atoms with Gasteiger partial charge >= 0.3 is 5.91 Å². The predicted octanol–water partition coefficient (Wildman–Crippen LogP) is 5.51. The highest BCUT2D eigenvalue weighted by atomic mass is 35.5. The standard InChI is InChI=1S/C25H17ClN4O3S2/c26-18-8-4-7-17(13-18)20-19(21(31)16-9-11-27-12-10-16)22(32)23(33)30(20)24-28-29-25(35-24)34-14-15-5-2-1-3-6-15/h1-13,20,31H,14H2/b21-19+. The Morgan fingerprint density at radius 1 is 1.03 bits per heavy atom. The number of carbonyl (C=O) groups is 2. The summed E-state index contributed by atoms with van der Waals surface area (Å²) in [5.41, 5.74) is 2.03. The van der Waals surface area contributed by atoms with Crippen LogP contribution in [-0.4, -0.2) is 32.0 Å². The average molecular weight is 521 g/mol. The fourth-order valence-electron chi connectivity index (χ4n) is 3.76. The number of carbonyl (C=O) groups excluding carboxylic acids is 2. The smallest absolute Gasteiger partial charge is 0.301 e. The maximum absolute atomic E-state index is 13.2. The molecular weight excluding hydrogens is 504 g/mol. The van der Waals surface area contributed by atoms with Crippen LogP contribution >= 0.6 is 34.7 Å². The first-order valence-electron chi connectivity index (χ1n) is 10.5. The Balaban J connectivity index is 1.55. The second-order valence-corrected chi connectivity index (χ2v) is 10.2. The number of pyridine rings is 1. The Hall–Kier alpha value is -3.53. The number of benzene rings is 2. The number of Topliss-reactive ketones (excluding diaryl/α,β-unsaturated/α-hetero) is 1. The molecule has 1 saturated heterocycles. The molecule has 2 aromatic carbocycles. The van der Waals surface area contributed by atoms with E-state index >= 15 is 0 Å². The molecule has 0 spiro atoms. The summed E-state index contributed by atoms with van der Waals surface area (Å²) in [6, 6.07) is 19.0. The van der Waals surface area contributed by atoms with Gasteiger partial charge in [-0.1, -0.05) is 77.2 Å². The summed E-state index contributed by atoms with van der Waals surface area (Å²) in [5.74, 6) is -1.20. The summed E-state index contributed by atoms with van der Waals surface area (Å²) >= 11 is 8.94. The van der Waals surface area contributed by atoms with Crippen molar-refractivity contribution in [3.05, 3.63) is 106 Å². The van der Waals surface area contributed by atoms with Crippen molar-refractivity contribution in [3.63, 3.8) is 0 Å². The Bertz CT molecular complexity index is 1430. The molecule has 10 heteroatoms. The highest BCUT2D eigenvalue weighted by Crippen LogP contribution is 2.44. The Kier molecular flexibility index (Phi) is 6.63. The molecule has 1 aliphatic heterocycles. The molecule has 1 N–H and O–H groups in total. The monoisotopic (exact) mass is 520 g/mol. The molecule has 1 unspecified atom stereocenters. The minimum atomic E-state index is -0.915. The number of anilines is 1. The van der Waals surface area contributed by atoms with Gasteiger partial charge in [-0.15, -0.1) is 10.2 Å². The maximum atomic E-state index is 13.2. The summed E-state index contributed by atoms with van der Waals surface area (Å²) in [6.45, 7) is 0. The molecule has 0 aliphatic carbocycles. The maximum Gasteiger partial charge on any atom is 0.301 e. The quantitative estimate of drug-likeness (QED) is 0.118. The van der Waals surface area contributed by atoms with Gasteiger partial charge in [-0.25, -0.2) is 0 Å². The topological polar surface area (TPSA) is 96.3 Å². The van der Waals surface area contributed by atoms with Gasteiger partial charge in [0.05, 0.1) is 11.6 Å². The van der Waals surface area contributed by atoms with Crippen LogP contribution in [0.1, 0.15) is 22.7 Å². The van der Waals surface area contributed by atoms with E-state index in [0.717, 1.165) is 5.56 Å². The number of halogens is 1. The number of ketones is 1. The summed E-state index contributed by atoms with van der Waals surface area (Å²) in [7, 11) is 0. The first-order valence-corrected chi connectivity index (χ1v) is 12.7. The van der Waals surface area contributed by atoms with Crippen molar-refractivity contribution in [3.8, 4) is 0 Å². The van der Waals surface area contributed by atoms with E-state index in [1.807, 2.05) is 30.3 Å². The molecule has 0 radical (unpaired) electrons. The second-order valence-electron chi connectivity index (χ2n) is 7.58. The van der Waals surface area contributed by atoms with Gasteiger partial charge in [0.2, 0.25) is 5.13 Å². The number of aliphatic hydroxyl groups excluding tert-OH is 1. The lowest BCUT2D eigenvalue weighted by molar-refractivity contribution is -0.132. The van der Waals surface area contributed by atoms with Crippen LogP contribution < -0.4 is 4.90 Å². The van der Waals surface area contributed by atoms with Crippen LogP contribution in [0.25, 0.3) is 5.76 Å². The van der Waals surface area contributed by atoms with Crippen molar-refractivity contribution < 1.29 is 14.7 Å². The van der Waals surface area contributed by atoms with E-state index in [0.29, 0.717) is 26.2 Å². The number of rotatable bonds is 6. The highest BCUT2D eigenvalue weighted by molar-refractivity contribution is 8.00. The summed E-state index contributed by atoms with van der Waals surface area (Å²) in [6.07, 6.45) is 3.00. The lowest BCUT2D eigenvalue weighted by Gasteiger charge is -2.22. The van der Waals surface area contributed by atoms with Gasteiger partial charge in [0.25, 0.3) is 5.78 Å². The van der Waals surface area contributed by atoms with E-state index < -0.39 is 17.7 Å². The van der Waals surface area contributed by atoms with Gasteiger partial charge in [-0.2, -0.15) is 0 Å². The molecule has 5 rings (SSSR count). The van der Waals surface area contributed by atoms with Crippen molar-refractivity contribution in [2.75, 3.05) is 4.90 Å². The van der Waals surface area contributed by atoms with Gasteiger partial charge in [0.1, 0.15) is 5.76 Å². The predicted molar refractivity (Wildman–Crippen MR) is 136 cm³/mol. The molecule has 1 fully saturated rings. The van der Waals surface area contributed by atoms with E-state index in [2.05, 4.69) is 15.2 Å². The SMILES string of the molecule is O=C1C(=O)N(c2nnc(SCc3ccccc3)s2)C(c2cccc(Cl)c2)/C1=C(\O)c1ccncc1. The number of hydrogen-bond donors (Lipinski definition) is 1. The van der Waals surface area contributed by atoms with Gasteiger partial charge < -0.3 is 5.11 Å². The van der Waals surface area contributed by atoms with Crippen molar-refractivity contribution in [1.82, 2.24) is 15.2 Å². The third-order valence-corrected chi connectivity index (χ3v) is 7.73. The fourth-order valence-corrected chi connectivity index (χ4v) is 5.79. The molecule has 1 aliphatic rings. The molecule has 1 amide bonds. The molecule has 1 atom stereocenters. The average Bonchev–Trinajstić information content (AvgIpc) is 3.46. The molecule has 4 aromatic rings. The zero-order chi connectivity index (χ0) is 24.4. The molecule has 174 valence electrons. The van der Waals surface area contributed by atoms with Crippen LogP contribution in [0.15, 0.2) is 89.0 Å². The number of aromatic nitrogens is 3.